The lowest BCUT2D eigenvalue weighted by atomic mass is 9.99. The van der Waals surface area contributed by atoms with Crippen molar-refractivity contribution < 1.29 is 9.47 Å². The van der Waals surface area contributed by atoms with Gasteiger partial charge in [0.15, 0.2) is 0 Å². The first-order chi connectivity index (χ1) is 37.4. The summed E-state index contributed by atoms with van der Waals surface area (Å²) in [6.07, 6.45) is 33.8. The van der Waals surface area contributed by atoms with Crippen LogP contribution in [0.2, 0.25) is 0 Å². The van der Waals surface area contributed by atoms with Crippen molar-refractivity contribution in [3.63, 3.8) is 0 Å². The van der Waals surface area contributed by atoms with Gasteiger partial charge >= 0.3 is 0 Å². The molecule has 0 atom stereocenters. The molecule has 396 valence electrons. The number of nitrogens with one attached hydrogen (secondary N) is 1. The second-order valence-corrected chi connectivity index (χ2v) is 21.3. The van der Waals surface area contributed by atoms with E-state index in [0.29, 0.717) is 26.3 Å². The summed E-state index contributed by atoms with van der Waals surface area (Å²) >= 11 is 2.39. The van der Waals surface area contributed by atoms with E-state index in [4.69, 9.17) is 14.5 Å². The molecule has 3 aromatic carbocycles. The maximum absolute atomic E-state index is 6.46. The largest absolute Gasteiger partial charge is 0.492 e. The van der Waals surface area contributed by atoms with E-state index in [1.54, 1.807) is 0 Å². The minimum atomic E-state index is 0.598. The fourth-order valence-electron chi connectivity index (χ4n) is 9.36. The number of nitrogens with zero attached hydrogens (tertiary/aromatic N) is 4. The van der Waals surface area contributed by atoms with Gasteiger partial charge in [-0.05, 0) is 133 Å². The third kappa shape index (κ3) is 19.6. The molecule has 8 heteroatoms. The van der Waals surface area contributed by atoms with Gasteiger partial charge < -0.3 is 19.4 Å². The quantitative estimate of drug-likeness (QED) is 0.0276. The summed E-state index contributed by atoms with van der Waals surface area (Å²) in [7, 11) is 0. The number of ether oxygens (including phenoxy) is 2. The Bertz CT molecular complexity index is 2840. The molecule has 1 N–H and O–H groups in total. The number of aryl methyl sites for hydroxylation is 1. The summed E-state index contributed by atoms with van der Waals surface area (Å²) in [6, 6.07) is 37.1. The van der Waals surface area contributed by atoms with Crippen molar-refractivity contribution in [1.82, 2.24) is 19.9 Å². The zero-order valence-corrected chi connectivity index (χ0v) is 47.8. The number of H-pyrrole nitrogens is 1. The molecule has 0 radical (unpaired) electrons. The zero-order valence-electron chi connectivity index (χ0n) is 45.7. The Hall–Kier alpha value is -6.36. The number of pyridine rings is 2. The van der Waals surface area contributed by atoms with Crippen molar-refractivity contribution in [2.24, 2.45) is 4.99 Å². The number of aliphatic imine (C=N–C) groups is 1. The van der Waals surface area contributed by atoms with Gasteiger partial charge in [-0.25, -0.2) is 4.99 Å². The minimum absolute atomic E-state index is 0.598. The second kappa shape index (κ2) is 32.9. The highest BCUT2D eigenvalue weighted by atomic mass is 127. The number of allylic oxidation sites excluding steroid dienone is 1. The number of halogens is 1. The summed E-state index contributed by atoms with van der Waals surface area (Å²) in [4.78, 5) is 20.3. The summed E-state index contributed by atoms with van der Waals surface area (Å²) in [6.45, 7) is 9.27. The van der Waals surface area contributed by atoms with Gasteiger partial charge in [0.25, 0.3) is 0 Å². The number of aromatic amines is 1. The van der Waals surface area contributed by atoms with E-state index in [1.165, 1.54) is 121 Å². The molecule has 1 aliphatic heterocycles. The van der Waals surface area contributed by atoms with Crippen LogP contribution in [0, 0.1) is 34.2 Å². The van der Waals surface area contributed by atoms with Crippen LogP contribution in [0.1, 0.15) is 193 Å². The molecule has 0 aliphatic carbocycles. The number of benzene rings is 3. The normalized spacial score (nSPS) is 12.4. The van der Waals surface area contributed by atoms with Crippen LogP contribution in [0.4, 0.5) is 0 Å². The summed E-state index contributed by atoms with van der Waals surface area (Å²) < 4.78 is 13.9. The van der Waals surface area contributed by atoms with Crippen LogP contribution < -0.4 is 9.47 Å². The minimum Gasteiger partial charge on any atom is -0.492 e. The Morgan fingerprint density at radius 3 is 1.61 bits per heavy atom. The smallest absolute Gasteiger partial charge is 0.136 e. The molecule has 0 fully saturated rings. The first-order valence-electron chi connectivity index (χ1n) is 28.5. The molecule has 6 aromatic rings. The van der Waals surface area contributed by atoms with Crippen molar-refractivity contribution in [3.05, 3.63) is 194 Å². The van der Waals surface area contributed by atoms with Gasteiger partial charge in [0.2, 0.25) is 0 Å². The molecule has 4 heterocycles. The van der Waals surface area contributed by atoms with Crippen LogP contribution >= 0.6 is 22.6 Å². The highest BCUT2D eigenvalue weighted by Crippen LogP contribution is 2.33. The molecule has 0 saturated carbocycles. The van der Waals surface area contributed by atoms with E-state index in [2.05, 4.69) is 142 Å². The first-order valence-corrected chi connectivity index (χ1v) is 29.6. The van der Waals surface area contributed by atoms with Crippen molar-refractivity contribution in [2.45, 2.75) is 162 Å². The predicted octanol–water partition coefficient (Wildman–Crippen LogP) is 17.5. The number of amidine groups is 1. The van der Waals surface area contributed by atoms with Crippen LogP contribution in [-0.4, -0.2) is 38.9 Å². The Labute approximate surface area is 469 Å². The number of hydrogen-bond acceptors (Lipinski definition) is 6. The average molecular weight is 1130 g/mol. The zero-order chi connectivity index (χ0) is 52.8. The predicted molar refractivity (Wildman–Crippen MR) is 325 cm³/mol. The van der Waals surface area contributed by atoms with Gasteiger partial charge in [-0.15, -0.1) is 0 Å². The maximum atomic E-state index is 6.46. The van der Waals surface area contributed by atoms with Crippen molar-refractivity contribution in [1.29, 1.82) is 0 Å². The van der Waals surface area contributed by atoms with Crippen LogP contribution in [0.15, 0.2) is 144 Å². The first kappa shape index (κ1) is 57.3. The second-order valence-electron chi connectivity index (χ2n) is 20.1. The van der Waals surface area contributed by atoms with Gasteiger partial charge in [0.1, 0.15) is 17.3 Å². The van der Waals surface area contributed by atoms with E-state index in [-0.39, 0.29) is 0 Å². The third-order valence-electron chi connectivity index (χ3n) is 13.8. The van der Waals surface area contributed by atoms with E-state index in [1.807, 2.05) is 79.1 Å². The van der Waals surface area contributed by atoms with Crippen molar-refractivity contribution in [3.8, 4) is 35.2 Å². The highest BCUT2D eigenvalue weighted by Gasteiger charge is 2.20. The summed E-state index contributed by atoms with van der Waals surface area (Å²) in [5, 5.41) is 0. The number of aromatic nitrogens is 3. The van der Waals surface area contributed by atoms with Crippen LogP contribution in [0.25, 0.3) is 5.57 Å². The maximum Gasteiger partial charge on any atom is 0.136 e. The standard InChI is InChI=1S/C68H80IN5O2/c1-4-6-8-10-12-14-16-18-20-26-48-75-65-51-62(69)66(76-49-27-21-19-17-15-13-11-9-7-5-2)50-58(65)40-36-55-32-34-56(35-33-55)37-41-59-42-43-63(72-59)68(57-38-30-54(3)31-39-57)64-44-45-67(73-64)74(52-60-28-22-24-46-70-60)53-61-29-23-25-47-71-61/h22-25,28-35,38-39,42-47,50-51,72H,4-21,26-27,48-49,52-53H2,1-3H3/b68-64+. The number of hydrogen-bond donors (Lipinski definition) is 1. The molecule has 0 spiro atoms. The topological polar surface area (TPSA) is 75.6 Å². The molecule has 76 heavy (non-hydrogen) atoms. The van der Waals surface area contributed by atoms with E-state index < -0.39 is 0 Å². The molecule has 7 rings (SSSR count). The molecule has 0 bridgehead atoms. The molecule has 1 aliphatic rings. The fourth-order valence-corrected chi connectivity index (χ4v) is 9.95. The average Bonchev–Trinajstić information content (AvgIpc) is 4.15. The Morgan fingerprint density at radius 2 is 1.07 bits per heavy atom. The molecule has 0 amide bonds. The summed E-state index contributed by atoms with van der Waals surface area (Å²) in [5.41, 5.74) is 10.5. The highest BCUT2D eigenvalue weighted by molar-refractivity contribution is 14.1. The van der Waals surface area contributed by atoms with Gasteiger partial charge in [-0.2, -0.15) is 0 Å². The molecule has 0 unspecified atom stereocenters. The Balaban J connectivity index is 1.02. The Morgan fingerprint density at radius 1 is 0.539 bits per heavy atom. The lowest BCUT2D eigenvalue weighted by Gasteiger charge is -2.23. The van der Waals surface area contributed by atoms with Crippen LogP contribution in [-0.2, 0) is 13.1 Å². The molecule has 7 nitrogen and oxygen atoms in total. The molecule has 3 aromatic heterocycles. The lowest BCUT2D eigenvalue weighted by Crippen LogP contribution is -2.28. The van der Waals surface area contributed by atoms with Gasteiger partial charge in [-0.1, -0.05) is 189 Å². The third-order valence-corrected chi connectivity index (χ3v) is 14.6. The summed E-state index contributed by atoms with van der Waals surface area (Å²) in [5.74, 6) is 16.2. The van der Waals surface area contributed by atoms with Crippen LogP contribution in [0.5, 0.6) is 11.5 Å². The monoisotopic (exact) mass is 1130 g/mol. The SMILES string of the molecule is CCCCCCCCCCCCOc1cc(C#Cc2ccc(C#Cc3ccc(/C(=C4\C=CC(N(Cc5ccccn5)Cc5ccccn5)=N4)c4ccc(C)cc4)[nH]3)cc2)c(OCCCCCCCCCCCC)cc1I. The fraction of sp³-hybridized carbons (Fsp3) is 0.397. The van der Waals surface area contributed by atoms with Crippen molar-refractivity contribution >= 4 is 34.0 Å². The van der Waals surface area contributed by atoms with E-state index >= 15 is 0 Å². The van der Waals surface area contributed by atoms with Gasteiger partial charge in [0.05, 0.1) is 58.2 Å². The Kier molecular flexibility index (Phi) is 24.9. The van der Waals surface area contributed by atoms with Crippen LogP contribution in [0.3, 0.4) is 0 Å². The number of rotatable bonds is 30. The van der Waals surface area contributed by atoms with E-state index in [0.717, 1.165) is 90.0 Å². The number of unbranched alkanes of at least 4 members (excludes halogenated alkanes) is 18. The van der Waals surface area contributed by atoms with E-state index in [9.17, 15) is 0 Å². The molecular formula is C68H80IN5O2. The molecular weight excluding hydrogens is 1050 g/mol. The lowest BCUT2D eigenvalue weighted by molar-refractivity contribution is 0.294. The van der Waals surface area contributed by atoms with Gasteiger partial charge in [0, 0.05) is 40.9 Å². The van der Waals surface area contributed by atoms with Gasteiger partial charge in [-0.3, -0.25) is 9.97 Å². The van der Waals surface area contributed by atoms with Crippen molar-refractivity contribution in [2.75, 3.05) is 13.2 Å². The molecule has 0 saturated heterocycles.